The minimum atomic E-state index is -0.0220. The van der Waals surface area contributed by atoms with Gasteiger partial charge in [0.15, 0.2) is 0 Å². The Bertz CT molecular complexity index is 770. The van der Waals surface area contributed by atoms with Crippen molar-refractivity contribution in [2.24, 2.45) is 0 Å². The third-order valence-electron chi connectivity index (χ3n) is 6.27. The number of piperidine rings is 3. The molecule has 5 rings (SSSR count). The highest BCUT2D eigenvalue weighted by atomic mass is 16.5. The van der Waals surface area contributed by atoms with Gasteiger partial charge in [-0.1, -0.05) is 0 Å². The largest absolute Gasteiger partial charge is 0.460 e. The lowest BCUT2D eigenvalue weighted by molar-refractivity contribution is 0.0942. The summed E-state index contributed by atoms with van der Waals surface area (Å²) in [6.07, 6.45) is 13.5. The van der Waals surface area contributed by atoms with Crippen molar-refractivity contribution in [2.75, 3.05) is 53.4 Å². The van der Waals surface area contributed by atoms with E-state index in [0.717, 1.165) is 77.8 Å². The summed E-state index contributed by atoms with van der Waals surface area (Å²) >= 11 is 0. The second-order valence-corrected chi connectivity index (χ2v) is 9.28. The molecule has 0 unspecified atom stereocenters. The van der Waals surface area contributed by atoms with Gasteiger partial charge in [-0.25, -0.2) is 19.9 Å². The highest BCUT2D eigenvalue weighted by Crippen LogP contribution is 2.14. The van der Waals surface area contributed by atoms with Crippen LogP contribution >= 0.6 is 0 Å². The quantitative estimate of drug-likeness (QED) is 0.660. The summed E-state index contributed by atoms with van der Waals surface area (Å²) in [5.41, 5.74) is 0. The van der Waals surface area contributed by atoms with Crippen molar-refractivity contribution in [3.8, 4) is 12.0 Å². The summed E-state index contributed by atoms with van der Waals surface area (Å²) < 4.78 is 11.2. The average Bonchev–Trinajstić information content (AvgIpc) is 2.90. The van der Waals surface area contributed by atoms with E-state index in [0.29, 0.717) is 12.0 Å². The summed E-state index contributed by atoms with van der Waals surface area (Å²) in [6.45, 7) is 6.35. The Kier molecular flexibility index (Phi) is 12.1. The molecule has 10 nitrogen and oxygen atoms in total. The predicted octanol–water partition coefficient (Wildman–Crippen LogP) is 1.63. The van der Waals surface area contributed by atoms with Crippen LogP contribution in [0.5, 0.6) is 12.0 Å². The fraction of sp³-hybridized carbons (Fsp3) is 0.680. The normalized spacial score (nSPS) is 20.7. The molecule has 0 bridgehead atoms. The summed E-state index contributed by atoms with van der Waals surface area (Å²) in [5.74, 6) is 0. The van der Waals surface area contributed by atoms with Crippen molar-refractivity contribution in [2.45, 2.75) is 56.8 Å². The maximum absolute atomic E-state index is 9.00. The Morgan fingerprint density at radius 2 is 1.09 bits per heavy atom. The van der Waals surface area contributed by atoms with Crippen molar-refractivity contribution in [3.05, 3.63) is 36.9 Å². The molecule has 2 aromatic heterocycles. The van der Waals surface area contributed by atoms with Gasteiger partial charge < -0.3 is 29.7 Å². The first-order valence-corrected chi connectivity index (χ1v) is 12.7. The van der Waals surface area contributed by atoms with Gasteiger partial charge in [0.2, 0.25) is 0 Å². The van der Waals surface area contributed by atoms with E-state index in [-0.39, 0.29) is 18.3 Å². The van der Waals surface area contributed by atoms with Crippen molar-refractivity contribution < 1.29 is 14.6 Å². The predicted molar refractivity (Wildman–Crippen MR) is 134 cm³/mol. The van der Waals surface area contributed by atoms with E-state index in [1.165, 1.54) is 0 Å². The number of aliphatic hydroxyl groups excluding tert-OH is 1. The Morgan fingerprint density at radius 3 is 1.51 bits per heavy atom. The van der Waals surface area contributed by atoms with Gasteiger partial charge in [0.05, 0.1) is 6.10 Å². The van der Waals surface area contributed by atoms with Gasteiger partial charge in [0.1, 0.15) is 12.2 Å². The van der Waals surface area contributed by atoms with Gasteiger partial charge >= 0.3 is 12.0 Å². The highest BCUT2D eigenvalue weighted by Gasteiger charge is 2.18. The third kappa shape index (κ3) is 11.3. The molecule has 0 aliphatic carbocycles. The molecule has 3 fully saturated rings. The molecule has 3 aliphatic heterocycles. The number of aliphatic hydroxyl groups is 1. The fourth-order valence-electron chi connectivity index (χ4n) is 4.00. The lowest BCUT2D eigenvalue weighted by Crippen LogP contribution is -2.35. The minimum Gasteiger partial charge on any atom is -0.460 e. The van der Waals surface area contributed by atoms with Gasteiger partial charge in [-0.15, -0.1) is 0 Å². The molecule has 3 aliphatic rings. The van der Waals surface area contributed by atoms with Crippen LogP contribution in [0.3, 0.4) is 0 Å². The van der Waals surface area contributed by atoms with Crippen molar-refractivity contribution >= 4 is 0 Å². The van der Waals surface area contributed by atoms with Crippen LogP contribution in [0.2, 0.25) is 0 Å². The van der Waals surface area contributed by atoms with Crippen molar-refractivity contribution in [1.29, 1.82) is 0 Å². The Hall–Kier alpha value is -2.40. The van der Waals surface area contributed by atoms with Crippen molar-refractivity contribution in [3.63, 3.8) is 0 Å². The van der Waals surface area contributed by atoms with Crippen molar-refractivity contribution in [1.82, 2.24) is 35.1 Å². The van der Waals surface area contributed by atoms with E-state index in [1.807, 2.05) is 0 Å². The lowest BCUT2D eigenvalue weighted by atomic mass is 10.1. The molecule has 0 spiro atoms. The molecule has 5 heterocycles. The number of hydrogen-bond donors (Lipinski definition) is 2. The highest BCUT2D eigenvalue weighted by molar-refractivity contribution is 4.95. The molecule has 0 aromatic carbocycles. The standard InChI is InChI=1S/C10H15N3O.C9H13N3O.C6H13NO/c1-13-7-3-9(4-8-13)14-10-11-5-2-6-12-10;1-4-11-9(12-5-1)13-8-2-6-10-7-3-8;1-7-4-2-6(8)3-5-7/h2,5-6,9H,3-4,7-8H2,1H3;1,4-5,8,10H,2-3,6-7H2;6,8H,2-5H2,1H3. The van der Waals surface area contributed by atoms with Gasteiger partial charge in [-0.2, -0.15) is 0 Å². The van der Waals surface area contributed by atoms with Crippen LogP contribution in [-0.4, -0.2) is 107 Å². The zero-order valence-corrected chi connectivity index (χ0v) is 21.1. The number of likely N-dealkylation sites (tertiary alicyclic amines) is 2. The van der Waals surface area contributed by atoms with E-state index < -0.39 is 0 Å². The van der Waals surface area contributed by atoms with Crippen LogP contribution in [0.25, 0.3) is 0 Å². The minimum absolute atomic E-state index is 0.0220. The molecule has 194 valence electrons. The average molecular weight is 488 g/mol. The van der Waals surface area contributed by atoms with E-state index in [2.05, 4.69) is 49.1 Å². The Labute approximate surface area is 209 Å². The molecule has 10 heteroatoms. The van der Waals surface area contributed by atoms with Gasteiger partial charge in [0, 0.05) is 51.0 Å². The molecule has 2 N–H and O–H groups in total. The first kappa shape index (κ1) is 27.2. The summed E-state index contributed by atoms with van der Waals surface area (Å²) in [7, 11) is 4.22. The van der Waals surface area contributed by atoms with Crippen LogP contribution in [0.1, 0.15) is 38.5 Å². The lowest BCUT2D eigenvalue weighted by Gasteiger charge is -2.28. The van der Waals surface area contributed by atoms with Crippen LogP contribution in [-0.2, 0) is 0 Å². The second-order valence-electron chi connectivity index (χ2n) is 9.28. The first-order chi connectivity index (χ1) is 17.1. The Morgan fingerprint density at radius 1 is 0.686 bits per heavy atom. The van der Waals surface area contributed by atoms with Gasteiger partial charge in [-0.3, -0.25) is 0 Å². The number of hydrogen-bond acceptors (Lipinski definition) is 10. The maximum atomic E-state index is 9.00. The summed E-state index contributed by atoms with van der Waals surface area (Å²) in [5, 5.41) is 12.3. The van der Waals surface area contributed by atoms with Crippen LogP contribution < -0.4 is 14.8 Å². The number of nitrogens with one attached hydrogen (secondary N) is 1. The fourth-order valence-corrected chi connectivity index (χ4v) is 4.00. The number of nitrogens with zero attached hydrogens (tertiary/aromatic N) is 6. The SMILES string of the molecule is CN1CCC(O)CC1.CN1CCC(Oc2ncccn2)CC1.c1cnc(OC2CCNCC2)nc1. The summed E-state index contributed by atoms with van der Waals surface area (Å²) in [4.78, 5) is 20.7. The molecule has 3 saturated heterocycles. The van der Waals surface area contributed by atoms with E-state index >= 15 is 0 Å². The number of aromatic nitrogens is 4. The Balaban J connectivity index is 0.000000152. The van der Waals surface area contributed by atoms with Gasteiger partial charge in [0.25, 0.3) is 0 Å². The molecule has 35 heavy (non-hydrogen) atoms. The molecule has 0 amide bonds. The number of ether oxygens (including phenoxy) is 2. The van der Waals surface area contributed by atoms with Crippen LogP contribution in [0.4, 0.5) is 0 Å². The molecule has 0 radical (unpaired) electrons. The topological polar surface area (TPSA) is 109 Å². The molecule has 2 aromatic rings. The maximum Gasteiger partial charge on any atom is 0.316 e. The zero-order valence-electron chi connectivity index (χ0n) is 21.1. The zero-order chi connectivity index (χ0) is 24.7. The van der Waals surface area contributed by atoms with Gasteiger partial charge in [-0.05, 0) is 77.8 Å². The smallest absolute Gasteiger partial charge is 0.316 e. The van der Waals surface area contributed by atoms with Crippen LogP contribution in [0.15, 0.2) is 36.9 Å². The molecular weight excluding hydrogens is 446 g/mol. The second kappa shape index (κ2) is 15.6. The van der Waals surface area contributed by atoms with Crippen LogP contribution in [0, 0.1) is 0 Å². The molecular formula is C25H41N7O3. The van der Waals surface area contributed by atoms with E-state index in [1.54, 1.807) is 36.9 Å². The number of rotatable bonds is 4. The summed E-state index contributed by atoms with van der Waals surface area (Å²) in [6, 6.07) is 4.58. The monoisotopic (exact) mass is 487 g/mol. The third-order valence-corrected chi connectivity index (χ3v) is 6.27. The van der Waals surface area contributed by atoms with E-state index in [9.17, 15) is 0 Å². The molecule has 0 atom stereocenters. The first-order valence-electron chi connectivity index (χ1n) is 12.7. The molecule has 0 saturated carbocycles. The van der Waals surface area contributed by atoms with E-state index in [4.69, 9.17) is 14.6 Å².